The number of ketones is 1. The van der Waals surface area contributed by atoms with E-state index in [0.29, 0.717) is 6.29 Å². The van der Waals surface area contributed by atoms with Crippen molar-refractivity contribution in [3.8, 4) is 0 Å². The van der Waals surface area contributed by atoms with Crippen LogP contribution in [0.2, 0.25) is 0 Å². The number of nitrogens with zero attached hydrogens (tertiary/aromatic N) is 1. The number of aromatic nitrogens is 1. The van der Waals surface area contributed by atoms with Gasteiger partial charge in [0, 0.05) is 6.20 Å². The lowest BCUT2D eigenvalue weighted by molar-refractivity contribution is -0.107. The molecule has 5 nitrogen and oxygen atoms in total. The molecular weight excluding hydrogens is 198 g/mol. The Kier molecular flexibility index (Phi) is 3.68. The Hall–Kier alpha value is -2.04. The van der Waals surface area contributed by atoms with Gasteiger partial charge in [-0.2, -0.15) is 0 Å². The van der Waals surface area contributed by atoms with E-state index in [2.05, 4.69) is 9.72 Å². The molecule has 1 aromatic heterocycles. The highest BCUT2D eigenvalue weighted by Gasteiger charge is 2.17. The van der Waals surface area contributed by atoms with Gasteiger partial charge in [0.05, 0.1) is 19.1 Å². The minimum Gasteiger partial charge on any atom is -0.465 e. The molecule has 0 atom stereocenters. The third kappa shape index (κ3) is 2.46. The number of ether oxygens (including phenoxy) is 1. The van der Waals surface area contributed by atoms with Gasteiger partial charge in [-0.3, -0.25) is 9.78 Å². The molecule has 0 amide bonds. The molecule has 0 aliphatic heterocycles. The largest absolute Gasteiger partial charge is 0.465 e. The zero-order valence-electron chi connectivity index (χ0n) is 8.10. The van der Waals surface area contributed by atoms with Crippen LogP contribution >= 0.6 is 0 Å². The van der Waals surface area contributed by atoms with E-state index in [4.69, 9.17) is 0 Å². The molecule has 0 radical (unpaired) electrons. The zero-order valence-corrected chi connectivity index (χ0v) is 8.10. The molecule has 15 heavy (non-hydrogen) atoms. The first kappa shape index (κ1) is 11.0. The molecule has 0 saturated heterocycles. The first-order valence-corrected chi connectivity index (χ1v) is 4.21. The number of methoxy groups -OCH3 is 1. The van der Waals surface area contributed by atoms with Gasteiger partial charge in [-0.15, -0.1) is 0 Å². The van der Waals surface area contributed by atoms with E-state index in [1.54, 1.807) is 0 Å². The standard InChI is InChI=1S/C10H9NO4/c1-15-10(14)7-3-2-5-11-9(7)8(13)4-6-12/h2-3,5-6H,4H2,1H3. The highest BCUT2D eigenvalue weighted by molar-refractivity contribution is 6.08. The summed E-state index contributed by atoms with van der Waals surface area (Å²) < 4.78 is 4.49. The summed E-state index contributed by atoms with van der Waals surface area (Å²) in [5.74, 6) is -1.14. The van der Waals surface area contributed by atoms with Crippen LogP contribution in [0.3, 0.4) is 0 Å². The lowest BCUT2D eigenvalue weighted by Crippen LogP contribution is -2.12. The second-order valence-electron chi connectivity index (χ2n) is 2.69. The van der Waals surface area contributed by atoms with Crippen LogP contribution in [0.4, 0.5) is 0 Å². The van der Waals surface area contributed by atoms with E-state index >= 15 is 0 Å². The molecule has 5 heteroatoms. The molecule has 0 fully saturated rings. The first-order valence-electron chi connectivity index (χ1n) is 4.21. The maximum atomic E-state index is 11.4. The van der Waals surface area contributed by atoms with E-state index in [1.807, 2.05) is 0 Å². The Morgan fingerprint density at radius 2 is 2.27 bits per heavy atom. The average Bonchev–Trinajstić information content (AvgIpc) is 2.28. The highest BCUT2D eigenvalue weighted by atomic mass is 16.5. The van der Waals surface area contributed by atoms with E-state index in [0.717, 1.165) is 0 Å². The van der Waals surface area contributed by atoms with Crippen molar-refractivity contribution < 1.29 is 19.1 Å². The number of carbonyl (C=O) groups excluding carboxylic acids is 3. The molecular formula is C10H9NO4. The van der Waals surface area contributed by atoms with Gasteiger partial charge < -0.3 is 9.53 Å². The summed E-state index contributed by atoms with van der Waals surface area (Å²) in [5, 5.41) is 0. The van der Waals surface area contributed by atoms with Gasteiger partial charge >= 0.3 is 5.97 Å². The van der Waals surface area contributed by atoms with Crippen molar-refractivity contribution in [3.63, 3.8) is 0 Å². The molecule has 0 N–H and O–H groups in total. The Balaban J connectivity index is 3.11. The van der Waals surface area contributed by atoms with Crippen molar-refractivity contribution in [3.05, 3.63) is 29.6 Å². The molecule has 0 aliphatic carbocycles. The number of aldehydes is 1. The topological polar surface area (TPSA) is 73.3 Å². The van der Waals surface area contributed by atoms with E-state index < -0.39 is 11.8 Å². The summed E-state index contributed by atoms with van der Waals surface area (Å²) in [6.07, 6.45) is 1.56. The Morgan fingerprint density at radius 1 is 1.53 bits per heavy atom. The first-order chi connectivity index (χ1) is 7.20. The third-order valence-electron chi connectivity index (χ3n) is 1.75. The Labute approximate surface area is 86.1 Å². The number of hydrogen-bond acceptors (Lipinski definition) is 5. The van der Waals surface area contributed by atoms with E-state index in [-0.39, 0.29) is 17.7 Å². The molecule has 0 bridgehead atoms. The lowest BCUT2D eigenvalue weighted by Gasteiger charge is -2.03. The lowest BCUT2D eigenvalue weighted by atomic mass is 10.1. The van der Waals surface area contributed by atoms with Crippen molar-refractivity contribution in [2.24, 2.45) is 0 Å². The van der Waals surface area contributed by atoms with Crippen molar-refractivity contribution in [1.29, 1.82) is 0 Å². The summed E-state index contributed by atoms with van der Waals surface area (Å²) in [6.45, 7) is 0. The zero-order chi connectivity index (χ0) is 11.3. The van der Waals surface area contributed by atoms with E-state index in [9.17, 15) is 14.4 Å². The van der Waals surface area contributed by atoms with Gasteiger partial charge in [0.25, 0.3) is 0 Å². The third-order valence-corrected chi connectivity index (χ3v) is 1.75. The van der Waals surface area contributed by atoms with Gasteiger partial charge in [0.15, 0.2) is 5.78 Å². The van der Waals surface area contributed by atoms with Crippen molar-refractivity contribution in [2.75, 3.05) is 7.11 Å². The smallest absolute Gasteiger partial charge is 0.340 e. The Bertz CT molecular complexity index is 400. The predicted molar refractivity (Wildman–Crippen MR) is 50.6 cm³/mol. The fraction of sp³-hybridized carbons (Fsp3) is 0.200. The molecule has 1 heterocycles. The fourth-order valence-electron chi connectivity index (χ4n) is 1.07. The maximum Gasteiger partial charge on any atom is 0.340 e. The number of rotatable bonds is 4. The van der Waals surface area contributed by atoms with Crippen LogP contribution in [0.25, 0.3) is 0 Å². The number of Topliss-reactive ketones (excluding diaryl/α,β-unsaturated/α-hetero) is 1. The summed E-state index contributed by atoms with van der Waals surface area (Å²) in [4.78, 5) is 36.6. The van der Waals surface area contributed by atoms with Crippen LogP contribution in [0.5, 0.6) is 0 Å². The minimum absolute atomic E-state index is 0.0311. The molecule has 0 aromatic carbocycles. The minimum atomic E-state index is -0.641. The predicted octanol–water partition coefficient (Wildman–Crippen LogP) is 0.640. The summed E-state index contributed by atoms with van der Waals surface area (Å²) in [7, 11) is 1.21. The number of esters is 1. The summed E-state index contributed by atoms with van der Waals surface area (Å²) in [6, 6.07) is 2.95. The number of carbonyl (C=O) groups is 3. The van der Waals surface area contributed by atoms with Crippen LogP contribution in [0.1, 0.15) is 27.3 Å². The second kappa shape index (κ2) is 4.99. The molecule has 0 saturated carbocycles. The average molecular weight is 207 g/mol. The van der Waals surface area contributed by atoms with Crippen LogP contribution < -0.4 is 0 Å². The summed E-state index contributed by atoms with van der Waals surface area (Å²) >= 11 is 0. The van der Waals surface area contributed by atoms with Crippen molar-refractivity contribution >= 4 is 18.0 Å². The van der Waals surface area contributed by atoms with Crippen LogP contribution in [-0.2, 0) is 9.53 Å². The van der Waals surface area contributed by atoms with Crippen molar-refractivity contribution in [1.82, 2.24) is 4.98 Å². The molecule has 0 aliphatic rings. The van der Waals surface area contributed by atoms with Crippen LogP contribution in [0.15, 0.2) is 18.3 Å². The van der Waals surface area contributed by atoms with Gasteiger partial charge in [-0.25, -0.2) is 4.79 Å². The number of pyridine rings is 1. The molecule has 1 aromatic rings. The van der Waals surface area contributed by atoms with Gasteiger partial charge in [-0.05, 0) is 12.1 Å². The molecule has 78 valence electrons. The number of hydrogen-bond donors (Lipinski definition) is 0. The van der Waals surface area contributed by atoms with Gasteiger partial charge in [-0.1, -0.05) is 0 Å². The normalized spacial score (nSPS) is 9.40. The molecule has 0 unspecified atom stereocenters. The van der Waals surface area contributed by atoms with Crippen molar-refractivity contribution in [2.45, 2.75) is 6.42 Å². The highest BCUT2D eigenvalue weighted by Crippen LogP contribution is 2.08. The quantitative estimate of drug-likeness (QED) is 0.313. The maximum absolute atomic E-state index is 11.4. The van der Waals surface area contributed by atoms with Gasteiger partial charge in [0.2, 0.25) is 0 Å². The molecule has 1 rings (SSSR count). The summed E-state index contributed by atoms with van der Waals surface area (Å²) in [5.41, 5.74) is 0.0447. The van der Waals surface area contributed by atoms with Crippen LogP contribution in [0, 0.1) is 0 Å². The monoisotopic (exact) mass is 207 g/mol. The van der Waals surface area contributed by atoms with Gasteiger partial charge in [0.1, 0.15) is 12.0 Å². The fourth-order valence-corrected chi connectivity index (χ4v) is 1.07. The Morgan fingerprint density at radius 3 is 2.87 bits per heavy atom. The molecule has 0 spiro atoms. The van der Waals surface area contributed by atoms with Crippen LogP contribution in [-0.4, -0.2) is 30.1 Å². The second-order valence-corrected chi connectivity index (χ2v) is 2.69. The van der Waals surface area contributed by atoms with E-state index in [1.165, 1.54) is 25.4 Å². The SMILES string of the molecule is COC(=O)c1cccnc1C(=O)CC=O.